The summed E-state index contributed by atoms with van der Waals surface area (Å²) in [4.78, 5) is 0. The van der Waals surface area contributed by atoms with E-state index in [9.17, 15) is 0 Å². The van der Waals surface area contributed by atoms with Crippen molar-refractivity contribution in [2.45, 2.75) is 0 Å². The summed E-state index contributed by atoms with van der Waals surface area (Å²) in [6.07, 6.45) is 0. The molecule has 198 valence electrons. The van der Waals surface area contributed by atoms with Crippen LogP contribution in [0.4, 0.5) is 0 Å². The zero-order valence-corrected chi connectivity index (χ0v) is 22.6. The molecule has 0 amide bonds. The Kier molecular flexibility index (Phi) is 3.16. The van der Waals surface area contributed by atoms with Crippen LogP contribution in [0.2, 0.25) is 0 Å². The highest BCUT2D eigenvalue weighted by molar-refractivity contribution is 6.25. The van der Waals surface area contributed by atoms with Crippen molar-refractivity contribution >= 4 is 53.9 Å². The Bertz CT molecular complexity index is 3060. The molecular weight excluding hydrogens is 520 g/mol. The maximum absolute atomic E-state index is 9.12. The van der Waals surface area contributed by atoms with Crippen molar-refractivity contribution in [3.63, 3.8) is 0 Å². The Balaban J connectivity index is 1.19. The SMILES string of the molecule is [2H]c1c([2H])c2c([2H])c([2H])c3c([2H])c([2H])c(-c4ccc(-c5ccc6c7c(cccc57)-c5ccc7ccccc7c5O6)cc4)c4c([2H])c([2H])c(c1[2H])c2c34. The van der Waals surface area contributed by atoms with E-state index in [4.69, 9.17) is 17.1 Å². The van der Waals surface area contributed by atoms with Gasteiger partial charge in [0, 0.05) is 16.3 Å². The van der Waals surface area contributed by atoms with E-state index in [2.05, 4.69) is 36.4 Å². The molecule has 1 heteroatoms. The highest BCUT2D eigenvalue weighted by Gasteiger charge is 2.23. The zero-order chi connectivity index (χ0) is 35.9. The maximum Gasteiger partial charge on any atom is 0.143 e. The molecule has 43 heavy (non-hydrogen) atoms. The van der Waals surface area contributed by atoms with Gasteiger partial charge in [0.05, 0.1) is 12.3 Å². The normalized spacial score (nSPS) is 15.3. The molecule has 9 aromatic carbocycles. The standard InChI is InChI=1S/C42H24O/c1-2-8-33-25(5-1)17-22-37-35-10-4-9-34-32(23-24-38(41(34)35)43-42(33)37)27-13-11-26(12-14-27)31-20-18-30-16-15-28-6-3-7-29-19-21-36(31)40(30)39(28)29/h1-24H/i3D,6D,7D,15D,16D,18D,19D,20D,21D. The van der Waals surface area contributed by atoms with Gasteiger partial charge < -0.3 is 4.74 Å². The third kappa shape index (κ3) is 3.17. The van der Waals surface area contributed by atoms with Crippen LogP contribution in [0.1, 0.15) is 12.3 Å². The van der Waals surface area contributed by atoms with Gasteiger partial charge in [-0.25, -0.2) is 0 Å². The van der Waals surface area contributed by atoms with Gasteiger partial charge in [-0.1, -0.05) is 133 Å². The lowest BCUT2D eigenvalue weighted by atomic mass is 9.88. The summed E-state index contributed by atoms with van der Waals surface area (Å²) in [5.41, 5.74) is 4.72. The molecule has 0 atom stereocenters. The Labute approximate surface area is 261 Å². The second-order valence-electron chi connectivity index (χ2n) is 10.9. The zero-order valence-electron chi connectivity index (χ0n) is 31.6. The van der Waals surface area contributed by atoms with E-state index in [0.717, 1.165) is 55.3 Å². The summed E-state index contributed by atoms with van der Waals surface area (Å²) in [7, 11) is 0. The molecule has 0 fully saturated rings. The molecule has 1 aliphatic rings. The van der Waals surface area contributed by atoms with Crippen molar-refractivity contribution in [3.8, 4) is 44.9 Å². The van der Waals surface area contributed by atoms with Crippen LogP contribution < -0.4 is 4.74 Å². The quantitative estimate of drug-likeness (QED) is 0.193. The molecule has 10 rings (SSSR count). The van der Waals surface area contributed by atoms with Crippen molar-refractivity contribution in [1.82, 2.24) is 0 Å². The molecule has 0 saturated carbocycles. The monoisotopic (exact) mass is 553 g/mol. The van der Waals surface area contributed by atoms with Crippen molar-refractivity contribution in [3.05, 3.63) is 145 Å². The number of ether oxygens (including phenoxy) is 1. The first-order valence-corrected chi connectivity index (χ1v) is 14.1. The second kappa shape index (κ2) is 8.44. The van der Waals surface area contributed by atoms with E-state index in [1.165, 1.54) is 0 Å². The Morgan fingerprint density at radius 1 is 0.395 bits per heavy atom. The summed E-state index contributed by atoms with van der Waals surface area (Å²) in [6, 6.07) is 26.8. The van der Waals surface area contributed by atoms with Gasteiger partial charge in [0.1, 0.15) is 11.5 Å². The Hall–Kier alpha value is -5.66. The molecule has 0 aliphatic carbocycles. The lowest BCUT2D eigenvalue weighted by Gasteiger charge is -2.24. The summed E-state index contributed by atoms with van der Waals surface area (Å²) in [6.45, 7) is 0. The van der Waals surface area contributed by atoms with Gasteiger partial charge in [-0.2, -0.15) is 0 Å². The summed E-state index contributed by atoms with van der Waals surface area (Å²) in [5.74, 6) is 1.61. The highest BCUT2D eigenvalue weighted by atomic mass is 16.5. The third-order valence-corrected chi connectivity index (χ3v) is 8.68. The van der Waals surface area contributed by atoms with Crippen LogP contribution in [0.25, 0.3) is 87.2 Å². The molecule has 0 aromatic heterocycles. The van der Waals surface area contributed by atoms with Gasteiger partial charge in [-0.15, -0.1) is 0 Å². The van der Waals surface area contributed by atoms with Crippen molar-refractivity contribution in [2.24, 2.45) is 0 Å². The van der Waals surface area contributed by atoms with Crippen LogP contribution in [-0.4, -0.2) is 0 Å². The largest absolute Gasteiger partial charge is 0.455 e. The van der Waals surface area contributed by atoms with Crippen LogP contribution in [0.5, 0.6) is 11.5 Å². The van der Waals surface area contributed by atoms with E-state index in [-0.39, 0.29) is 68.1 Å². The molecule has 0 spiro atoms. The van der Waals surface area contributed by atoms with Gasteiger partial charge in [-0.3, -0.25) is 0 Å². The first-order chi connectivity index (χ1) is 25.1. The van der Waals surface area contributed by atoms with Gasteiger partial charge in [-0.05, 0) is 83.0 Å². The van der Waals surface area contributed by atoms with E-state index in [0.29, 0.717) is 5.56 Å². The van der Waals surface area contributed by atoms with Gasteiger partial charge >= 0.3 is 0 Å². The molecular formula is C42H24O. The van der Waals surface area contributed by atoms with Crippen molar-refractivity contribution in [2.75, 3.05) is 0 Å². The molecule has 0 unspecified atom stereocenters. The first kappa shape index (κ1) is 16.1. The second-order valence-corrected chi connectivity index (χ2v) is 10.9. The van der Waals surface area contributed by atoms with Gasteiger partial charge in [0.25, 0.3) is 0 Å². The fourth-order valence-electron chi connectivity index (χ4n) is 6.71. The van der Waals surface area contributed by atoms with E-state index >= 15 is 0 Å². The Morgan fingerprint density at radius 3 is 1.95 bits per heavy atom. The smallest absolute Gasteiger partial charge is 0.143 e. The predicted molar refractivity (Wildman–Crippen MR) is 182 cm³/mol. The fraction of sp³-hybridized carbons (Fsp3) is 0. The molecule has 0 N–H and O–H groups in total. The van der Waals surface area contributed by atoms with Crippen LogP contribution in [-0.2, 0) is 0 Å². The molecule has 1 aliphatic heterocycles. The number of hydrogen-bond acceptors (Lipinski definition) is 1. The predicted octanol–water partition coefficient (Wildman–Crippen LogP) is 12.0. The summed E-state index contributed by atoms with van der Waals surface area (Å²) in [5, 5.41) is 4.50. The number of hydrogen-bond donors (Lipinski definition) is 0. The lowest BCUT2D eigenvalue weighted by Crippen LogP contribution is -1.98. The van der Waals surface area contributed by atoms with Crippen LogP contribution in [0.3, 0.4) is 0 Å². The topological polar surface area (TPSA) is 9.23 Å². The van der Waals surface area contributed by atoms with Crippen molar-refractivity contribution < 1.29 is 17.1 Å². The molecule has 0 saturated heterocycles. The minimum atomic E-state index is -0.488. The minimum Gasteiger partial charge on any atom is -0.455 e. The van der Waals surface area contributed by atoms with Crippen LogP contribution >= 0.6 is 0 Å². The molecule has 1 heterocycles. The van der Waals surface area contributed by atoms with E-state index < -0.39 is 24.2 Å². The fourth-order valence-corrected chi connectivity index (χ4v) is 6.71. The molecule has 9 aromatic rings. The van der Waals surface area contributed by atoms with Gasteiger partial charge in [0.15, 0.2) is 0 Å². The lowest BCUT2D eigenvalue weighted by molar-refractivity contribution is 0.493. The molecule has 1 nitrogen and oxygen atoms in total. The average molecular weight is 554 g/mol. The summed E-state index contributed by atoms with van der Waals surface area (Å²) >= 11 is 0. The molecule has 0 radical (unpaired) electrons. The van der Waals surface area contributed by atoms with E-state index in [1.54, 1.807) is 0 Å². The number of rotatable bonds is 2. The first-order valence-electron chi connectivity index (χ1n) is 18.6. The highest BCUT2D eigenvalue weighted by Crippen LogP contribution is 2.51. The number of benzene rings is 9. The third-order valence-electron chi connectivity index (χ3n) is 8.68. The summed E-state index contributed by atoms with van der Waals surface area (Å²) < 4.78 is 85.9. The van der Waals surface area contributed by atoms with Gasteiger partial charge in [0.2, 0.25) is 0 Å². The van der Waals surface area contributed by atoms with Crippen molar-refractivity contribution in [1.29, 1.82) is 0 Å². The molecule has 0 bridgehead atoms. The van der Waals surface area contributed by atoms with Crippen LogP contribution in [0, 0.1) is 0 Å². The average Bonchev–Trinajstić information content (AvgIpc) is 3.16. The van der Waals surface area contributed by atoms with Crippen LogP contribution in [0.15, 0.2) is 145 Å². The number of fused-ring (bicyclic) bond motifs is 4. The van der Waals surface area contributed by atoms with E-state index in [1.807, 2.05) is 54.6 Å². The minimum absolute atomic E-state index is 0.0338. The Morgan fingerprint density at radius 2 is 1.09 bits per heavy atom. The maximum atomic E-state index is 9.12.